The van der Waals surface area contributed by atoms with E-state index in [-0.39, 0.29) is 0 Å². The lowest BCUT2D eigenvalue weighted by Gasteiger charge is -2.14. The Balaban J connectivity index is 2.43. The molecule has 0 saturated heterocycles. The maximum absolute atomic E-state index is 4.20. The molecule has 0 atom stereocenters. The highest BCUT2D eigenvalue weighted by molar-refractivity contribution is 5.48. The predicted molar refractivity (Wildman–Crippen MR) is 79.9 cm³/mol. The number of rotatable bonds is 6. The van der Waals surface area contributed by atoms with Gasteiger partial charge in [-0.05, 0) is 34.4 Å². The molecule has 108 valence electrons. The van der Waals surface area contributed by atoms with E-state index < -0.39 is 0 Å². The summed E-state index contributed by atoms with van der Waals surface area (Å²) < 4.78 is 1.88. The van der Waals surface area contributed by atoms with Gasteiger partial charge in [0.2, 0.25) is 0 Å². The van der Waals surface area contributed by atoms with Crippen LogP contribution < -0.4 is 5.32 Å². The number of aromatic nitrogens is 4. The normalized spacial score (nSPS) is 11.2. The number of benzene rings is 1. The van der Waals surface area contributed by atoms with Gasteiger partial charge in [-0.2, -0.15) is 4.68 Å². The predicted octanol–water partition coefficient (Wildman–Crippen LogP) is 2.29. The van der Waals surface area contributed by atoms with Crippen molar-refractivity contribution >= 4 is 0 Å². The van der Waals surface area contributed by atoms with Crippen LogP contribution in [-0.2, 0) is 19.4 Å². The number of para-hydroxylation sites is 1. The highest BCUT2D eigenvalue weighted by Gasteiger charge is 2.14. The van der Waals surface area contributed by atoms with E-state index in [1.807, 2.05) is 4.68 Å². The molecule has 0 aliphatic rings. The van der Waals surface area contributed by atoms with Gasteiger partial charge in [0.15, 0.2) is 5.82 Å². The number of hydrogen-bond acceptors (Lipinski definition) is 4. The first-order valence-electron chi connectivity index (χ1n) is 7.29. The number of aryl methyl sites for hydroxylation is 2. The zero-order chi connectivity index (χ0) is 14.5. The molecule has 1 aromatic carbocycles. The topological polar surface area (TPSA) is 55.6 Å². The lowest BCUT2D eigenvalue weighted by Crippen LogP contribution is -2.24. The zero-order valence-corrected chi connectivity index (χ0v) is 12.7. The Labute approximate surface area is 120 Å². The van der Waals surface area contributed by atoms with Crippen LogP contribution in [0.1, 0.15) is 44.6 Å². The minimum absolute atomic E-state index is 0.409. The fourth-order valence-corrected chi connectivity index (χ4v) is 2.27. The first-order valence-corrected chi connectivity index (χ1v) is 7.29. The maximum Gasteiger partial charge on any atom is 0.170 e. The van der Waals surface area contributed by atoms with E-state index >= 15 is 0 Å². The van der Waals surface area contributed by atoms with Crippen LogP contribution in [0.4, 0.5) is 0 Å². The van der Waals surface area contributed by atoms with E-state index in [9.17, 15) is 0 Å². The molecule has 0 spiro atoms. The van der Waals surface area contributed by atoms with Gasteiger partial charge in [-0.25, -0.2) is 0 Å². The molecule has 1 N–H and O–H groups in total. The molecule has 20 heavy (non-hydrogen) atoms. The summed E-state index contributed by atoms with van der Waals surface area (Å²) in [4.78, 5) is 0. The molecule has 2 aromatic rings. The largest absolute Gasteiger partial charge is 0.308 e. The van der Waals surface area contributed by atoms with Crippen LogP contribution in [0.2, 0.25) is 0 Å². The summed E-state index contributed by atoms with van der Waals surface area (Å²) in [5, 5.41) is 15.6. The zero-order valence-electron chi connectivity index (χ0n) is 12.7. The Kier molecular flexibility index (Phi) is 4.84. The molecule has 0 amide bonds. The molecule has 0 bridgehead atoms. The van der Waals surface area contributed by atoms with E-state index in [0.29, 0.717) is 12.6 Å². The minimum atomic E-state index is 0.409. The van der Waals surface area contributed by atoms with Crippen molar-refractivity contribution in [3.05, 3.63) is 35.2 Å². The quantitative estimate of drug-likeness (QED) is 0.877. The molecule has 2 rings (SSSR count). The van der Waals surface area contributed by atoms with Gasteiger partial charge >= 0.3 is 0 Å². The Bertz CT molecular complexity index is 537. The van der Waals surface area contributed by atoms with E-state index in [1.165, 1.54) is 11.1 Å². The van der Waals surface area contributed by atoms with Crippen molar-refractivity contribution in [1.29, 1.82) is 0 Å². The Hall–Kier alpha value is -1.75. The second-order valence-electron chi connectivity index (χ2n) is 5.17. The third-order valence-electron chi connectivity index (χ3n) is 3.38. The maximum atomic E-state index is 4.20. The summed E-state index contributed by atoms with van der Waals surface area (Å²) in [7, 11) is 0. The number of nitrogens with one attached hydrogen (secondary N) is 1. The van der Waals surface area contributed by atoms with Gasteiger partial charge in [0.1, 0.15) is 0 Å². The van der Waals surface area contributed by atoms with Crippen LogP contribution in [0.25, 0.3) is 5.69 Å². The summed E-state index contributed by atoms with van der Waals surface area (Å²) in [6, 6.07) is 6.82. The summed E-state index contributed by atoms with van der Waals surface area (Å²) in [6.07, 6.45) is 1.94. The molecule has 0 aliphatic carbocycles. The molecule has 0 fully saturated rings. The monoisotopic (exact) mass is 273 g/mol. The van der Waals surface area contributed by atoms with Gasteiger partial charge in [0, 0.05) is 6.04 Å². The lowest BCUT2D eigenvalue weighted by molar-refractivity contribution is 0.562. The summed E-state index contributed by atoms with van der Waals surface area (Å²) in [5.41, 5.74) is 3.70. The Morgan fingerprint density at radius 1 is 1.15 bits per heavy atom. The SMILES string of the molecule is CCc1cccc(CC)c1-n1nnnc1CNC(C)C. The Morgan fingerprint density at radius 3 is 2.35 bits per heavy atom. The standard InChI is InChI=1S/C15H23N5/c1-5-12-8-7-9-13(6-2)15(12)20-14(17-18-19-20)10-16-11(3)4/h7-9,11,16H,5-6,10H2,1-4H3. The van der Waals surface area contributed by atoms with Gasteiger partial charge < -0.3 is 5.32 Å². The van der Waals surface area contributed by atoms with Crippen molar-refractivity contribution in [1.82, 2.24) is 25.5 Å². The molecule has 0 unspecified atom stereocenters. The van der Waals surface area contributed by atoms with Gasteiger partial charge in [0.25, 0.3) is 0 Å². The minimum Gasteiger partial charge on any atom is -0.308 e. The van der Waals surface area contributed by atoms with Gasteiger partial charge in [-0.1, -0.05) is 45.9 Å². The smallest absolute Gasteiger partial charge is 0.170 e. The molecule has 5 nitrogen and oxygen atoms in total. The van der Waals surface area contributed by atoms with E-state index in [2.05, 4.69) is 66.7 Å². The molecule has 1 aromatic heterocycles. The third-order valence-corrected chi connectivity index (χ3v) is 3.38. The Morgan fingerprint density at radius 2 is 1.80 bits per heavy atom. The molecule has 0 saturated carbocycles. The molecule has 0 radical (unpaired) electrons. The summed E-state index contributed by atoms with van der Waals surface area (Å²) in [6.45, 7) is 9.23. The van der Waals surface area contributed by atoms with Crippen LogP contribution in [0.3, 0.4) is 0 Å². The van der Waals surface area contributed by atoms with Crippen molar-refractivity contribution in [2.24, 2.45) is 0 Å². The molecular weight excluding hydrogens is 250 g/mol. The number of tetrazole rings is 1. The first kappa shape index (κ1) is 14.7. The highest BCUT2D eigenvalue weighted by atomic mass is 15.5. The van der Waals surface area contributed by atoms with Crippen molar-refractivity contribution in [2.45, 2.75) is 53.1 Å². The molecular formula is C15H23N5. The summed E-state index contributed by atoms with van der Waals surface area (Å²) >= 11 is 0. The number of nitrogens with zero attached hydrogens (tertiary/aromatic N) is 4. The van der Waals surface area contributed by atoms with Crippen LogP contribution in [0.5, 0.6) is 0 Å². The van der Waals surface area contributed by atoms with E-state index in [1.54, 1.807) is 0 Å². The average Bonchev–Trinajstić information content (AvgIpc) is 2.92. The fraction of sp³-hybridized carbons (Fsp3) is 0.533. The van der Waals surface area contributed by atoms with Crippen LogP contribution in [0, 0.1) is 0 Å². The third kappa shape index (κ3) is 3.04. The van der Waals surface area contributed by atoms with E-state index in [0.717, 1.165) is 24.4 Å². The van der Waals surface area contributed by atoms with Gasteiger partial charge in [-0.15, -0.1) is 5.10 Å². The van der Waals surface area contributed by atoms with Crippen molar-refractivity contribution in [3.8, 4) is 5.69 Å². The highest BCUT2D eigenvalue weighted by Crippen LogP contribution is 2.21. The average molecular weight is 273 g/mol. The van der Waals surface area contributed by atoms with Crippen LogP contribution in [-0.4, -0.2) is 26.2 Å². The van der Waals surface area contributed by atoms with Crippen LogP contribution >= 0.6 is 0 Å². The molecule has 5 heteroatoms. The molecule has 0 aliphatic heterocycles. The van der Waals surface area contributed by atoms with Crippen molar-refractivity contribution < 1.29 is 0 Å². The van der Waals surface area contributed by atoms with Gasteiger partial charge in [0.05, 0.1) is 12.2 Å². The number of hydrogen-bond donors (Lipinski definition) is 1. The van der Waals surface area contributed by atoms with Crippen molar-refractivity contribution in [3.63, 3.8) is 0 Å². The lowest BCUT2D eigenvalue weighted by atomic mass is 10.0. The second-order valence-corrected chi connectivity index (χ2v) is 5.17. The summed E-state index contributed by atoms with van der Waals surface area (Å²) in [5.74, 6) is 0.856. The van der Waals surface area contributed by atoms with Crippen LogP contribution in [0.15, 0.2) is 18.2 Å². The second kappa shape index (κ2) is 6.61. The van der Waals surface area contributed by atoms with E-state index in [4.69, 9.17) is 0 Å². The van der Waals surface area contributed by atoms with Gasteiger partial charge in [-0.3, -0.25) is 0 Å². The fourth-order valence-electron chi connectivity index (χ4n) is 2.27. The first-order chi connectivity index (χ1) is 9.67. The molecule has 1 heterocycles. The van der Waals surface area contributed by atoms with Crippen molar-refractivity contribution in [2.75, 3.05) is 0 Å².